The number of aromatic nitrogens is 3. The van der Waals surface area contributed by atoms with Crippen LogP contribution < -0.4 is 20.0 Å². The second kappa shape index (κ2) is 12.4. The summed E-state index contributed by atoms with van der Waals surface area (Å²) in [6, 6.07) is 12.9. The van der Waals surface area contributed by atoms with Gasteiger partial charge in [-0.15, -0.1) is 0 Å². The number of benzene rings is 2. The normalized spacial score (nSPS) is 16.3. The van der Waals surface area contributed by atoms with Gasteiger partial charge in [-0.05, 0) is 24.3 Å². The van der Waals surface area contributed by atoms with E-state index in [-0.39, 0.29) is 0 Å². The molecule has 10 nitrogen and oxygen atoms in total. The summed E-state index contributed by atoms with van der Waals surface area (Å²) in [5, 5.41) is 5.53. The molecule has 2 aromatic carbocycles. The van der Waals surface area contributed by atoms with Crippen LogP contribution >= 0.6 is 23.2 Å². The third-order valence-electron chi connectivity index (χ3n) is 5.89. The van der Waals surface area contributed by atoms with Crippen LogP contribution in [0.5, 0.6) is 5.75 Å². The molecule has 1 N–H and O–H groups in total. The average Bonchev–Trinajstić information content (AvgIpc) is 2.94. The number of nitrogens with one attached hydrogen (secondary N) is 1. The molecule has 1 aromatic heterocycles. The second-order valence-electron chi connectivity index (χ2n) is 8.39. The van der Waals surface area contributed by atoms with Crippen LogP contribution in [0.25, 0.3) is 0 Å². The second-order valence-corrected chi connectivity index (χ2v) is 9.23. The Labute approximate surface area is 225 Å². The molecular weight excluding hydrogens is 517 g/mol. The highest BCUT2D eigenvalue weighted by molar-refractivity contribution is 6.35. The predicted molar refractivity (Wildman–Crippen MR) is 144 cm³/mol. The van der Waals surface area contributed by atoms with Crippen molar-refractivity contribution in [3.05, 3.63) is 63.6 Å². The van der Waals surface area contributed by atoms with Crippen LogP contribution in [0.4, 0.5) is 17.8 Å². The summed E-state index contributed by atoms with van der Waals surface area (Å²) in [5.74, 6) is 2.22. The SMILES string of the molecule is Clc1ccc(COc2ccccc2/C=N/Nc2nc(N3CCOCC3)nc(N3CCOCC3)n2)c(Cl)c1. The van der Waals surface area contributed by atoms with Crippen LogP contribution in [-0.4, -0.2) is 73.8 Å². The first-order valence-corrected chi connectivity index (χ1v) is 12.8. The maximum absolute atomic E-state index is 6.28. The van der Waals surface area contributed by atoms with Gasteiger partial charge in [-0.2, -0.15) is 20.1 Å². The summed E-state index contributed by atoms with van der Waals surface area (Å²) in [5.41, 5.74) is 4.60. The zero-order valence-electron chi connectivity index (χ0n) is 20.1. The van der Waals surface area contributed by atoms with Gasteiger partial charge in [0.2, 0.25) is 17.8 Å². The van der Waals surface area contributed by atoms with Gasteiger partial charge in [0.1, 0.15) is 12.4 Å². The maximum atomic E-state index is 6.28. The minimum absolute atomic E-state index is 0.299. The topological polar surface area (TPSA) is 97.2 Å². The van der Waals surface area contributed by atoms with Crippen molar-refractivity contribution in [3.63, 3.8) is 0 Å². The number of morpholine rings is 2. The fourth-order valence-electron chi connectivity index (χ4n) is 3.89. The Morgan fingerprint density at radius 3 is 2.19 bits per heavy atom. The summed E-state index contributed by atoms with van der Waals surface area (Å²) in [4.78, 5) is 18.1. The molecule has 194 valence electrons. The number of halogens is 2. The molecule has 37 heavy (non-hydrogen) atoms. The summed E-state index contributed by atoms with van der Waals surface area (Å²) < 4.78 is 17.0. The van der Waals surface area contributed by atoms with Crippen molar-refractivity contribution in [2.75, 3.05) is 67.8 Å². The van der Waals surface area contributed by atoms with Crippen LogP contribution in [0.1, 0.15) is 11.1 Å². The Morgan fingerprint density at radius 1 is 0.892 bits per heavy atom. The van der Waals surface area contributed by atoms with Crippen LogP contribution in [0.2, 0.25) is 10.0 Å². The molecule has 0 amide bonds. The Hall–Kier alpha value is -3.18. The van der Waals surface area contributed by atoms with Gasteiger partial charge in [-0.1, -0.05) is 41.4 Å². The molecule has 0 aliphatic carbocycles. The smallest absolute Gasteiger partial charge is 0.250 e. The number of hydrogen-bond donors (Lipinski definition) is 1. The van der Waals surface area contributed by atoms with Crippen LogP contribution in [0, 0.1) is 0 Å². The van der Waals surface area contributed by atoms with E-state index in [0.29, 0.717) is 66.7 Å². The molecule has 2 aliphatic heterocycles. The zero-order valence-corrected chi connectivity index (χ0v) is 21.7. The third kappa shape index (κ3) is 6.78. The van der Waals surface area contributed by atoms with Crippen molar-refractivity contribution in [3.8, 4) is 5.75 Å². The lowest BCUT2D eigenvalue weighted by Crippen LogP contribution is -2.40. The van der Waals surface area contributed by atoms with E-state index in [0.717, 1.165) is 37.3 Å². The third-order valence-corrected chi connectivity index (χ3v) is 6.47. The molecule has 3 heterocycles. The van der Waals surface area contributed by atoms with Crippen LogP contribution in [0.15, 0.2) is 47.6 Å². The quantitative estimate of drug-likeness (QED) is 0.335. The van der Waals surface area contributed by atoms with Gasteiger partial charge in [0.05, 0.1) is 32.6 Å². The standard InChI is InChI=1S/C25H27Cl2N7O3/c26-20-6-5-19(21(27)15-20)17-37-22-4-2-1-3-18(22)16-28-32-23-29-24(33-7-11-35-12-8-33)31-25(30-23)34-9-13-36-14-10-34/h1-6,15-16H,7-14,17H2,(H,29,30,31,32)/b28-16+. The zero-order chi connectivity index (χ0) is 25.5. The molecule has 0 bridgehead atoms. The molecular formula is C25H27Cl2N7O3. The van der Waals surface area contributed by atoms with Gasteiger partial charge in [0.15, 0.2) is 0 Å². The number of hydrazone groups is 1. The summed E-state index contributed by atoms with van der Waals surface area (Å²) in [6.07, 6.45) is 1.67. The van der Waals surface area contributed by atoms with Crippen molar-refractivity contribution in [1.82, 2.24) is 15.0 Å². The van der Waals surface area contributed by atoms with Gasteiger partial charge in [-0.3, -0.25) is 0 Å². The lowest BCUT2D eigenvalue weighted by molar-refractivity contribution is 0.121. The largest absolute Gasteiger partial charge is 0.488 e. The fraction of sp³-hybridized carbons (Fsp3) is 0.360. The Kier molecular flexibility index (Phi) is 8.52. The van der Waals surface area contributed by atoms with Crippen molar-refractivity contribution >= 4 is 47.3 Å². The highest BCUT2D eigenvalue weighted by atomic mass is 35.5. The van der Waals surface area contributed by atoms with E-state index in [2.05, 4.69) is 30.3 Å². The molecule has 2 saturated heterocycles. The van der Waals surface area contributed by atoms with E-state index in [1.54, 1.807) is 18.3 Å². The van der Waals surface area contributed by atoms with E-state index >= 15 is 0 Å². The summed E-state index contributed by atoms with van der Waals surface area (Å²) >= 11 is 12.3. The van der Waals surface area contributed by atoms with Crippen molar-refractivity contribution in [2.45, 2.75) is 6.61 Å². The average molecular weight is 544 g/mol. The van der Waals surface area contributed by atoms with Crippen molar-refractivity contribution in [1.29, 1.82) is 0 Å². The Bertz CT molecular complexity index is 1200. The van der Waals surface area contributed by atoms with Crippen LogP contribution in [0.3, 0.4) is 0 Å². The van der Waals surface area contributed by atoms with Crippen molar-refractivity contribution in [2.24, 2.45) is 5.10 Å². The molecule has 0 unspecified atom stereocenters. The van der Waals surface area contributed by atoms with Gasteiger partial charge >= 0.3 is 0 Å². The Morgan fingerprint density at radius 2 is 1.54 bits per heavy atom. The van der Waals surface area contributed by atoms with E-state index in [9.17, 15) is 0 Å². The first-order chi connectivity index (χ1) is 18.2. The number of nitrogens with zero attached hydrogens (tertiary/aromatic N) is 6. The first-order valence-electron chi connectivity index (χ1n) is 12.0. The molecule has 12 heteroatoms. The van der Waals surface area contributed by atoms with E-state index in [4.69, 9.17) is 42.4 Å². The highest BCUT2D eigenvalue weighted by Gasteiger charge is 2.20. The monoisotopic (exact) mass is 543 g/mol. The fourth-order valence-corrected chi connectivity index (χ4v) is 4.35. The number of rotatable bonds is 8. The van der Waals surface area contributed by atoms with Gasteiger partial charge in [0, 0.05) is 47.4 Å². The van der Waals surface area contributed by atoms with Gasteiger partial charge in [0.25, 0.3) is 0 Å². The van der Waals surface area contributed by atoms with Gasteiger partial charge < -0.3 is 24.0 Å². The lowest BCUT2D eigenvalue weighted by atomic mass is 10.2. The minimum Gasteiger partial charge on any atom is -0.488 e. The van der Waals surface area contributed by atoms with Crippen molar-refractivity contribution < 1.29 is 14.2 Å². The number of anilines is 3. The summed E-state index contributed by atoms with van der Waals surface area (Å²) in [6.45, 7) is 5.72. The maximum Gasteiger partial charge on any atom is 0.250 e. The first kappa shape index (κ1) is 25.5. The number of hydrogen-bond acceptors (Lipinski definition) is 10. The molecule has 0 radical (unpaired) electrons. The molecule has 3 aromatic rings. The number of ether oxygens (including phenoxy) is 3. The molecule has 5 rings (SSSR count). The number of para-hydroxylation sites is 1. The lowest BCUT2D eigenvalue weighted by Gasteiger charge is -2.30. The predicted octanol–water partition coefficient (Wildman–Crippen LogP) is 3.88. The highest BCUT2D eigenvalue weighted by Crippen LogP contribution is 2.24. The van der Waals surface area contributed by atoms with E-state index in [1.165, 1.54) is 0 Å². The minimum atomic E-state index is 0.299. The molecule has 0 spiro atoms. The molecule has 2 aliphatic rings. The molecule has 0 saturated carbocycles. The molecule has 0 atom stereocenters. The van der Waals surface area contributed by atoms with Gasteiger partial charge in [-0.25, -0.2) is 5.43 Å². The summed E-state index contributed by atoms with van der Waals surface area (Å²) in [7, 11) is 0. The van der Waals surface area contributed by atoms with E-state index < -0.39 is 0 Å². The van der Waals surface area contributed by atoms with E-state index in [1.807, 2.05) is 30.3 Å². The van der Waals surface area contributed by atoms with Crippen LogP contribution in [-0.2, 0) is 16.1 Å². The molecule has 2 fully saturated rings. The Balaban J connectivity index is 1.31.